The van der Waals surface area contributed by atoms with Crippen LogP contribution in [-0.4, -0.2) is 16.0 Å². The predicted molar refractivity (Wildman–Crippen MR) is 76.3 cm³/mol. The van der Waals surface area contributed by atoms with Crippen LogP contribution < -0.4 is 0 Å². The molecule has 3 nitrogen and oxygen atoms in total. The van der Waals surface area contributed by atoms with E-state index in [9.17, 15) is 4.79 Å². The number of aryl methyl sites for hydroxylation is 2. The van der Waals surface area contributed by atoms with Gasteiger partial charge in [-0.3, -0.25) is 9.89 Å². The van der Waals surface area contributed by atoms with E-state index in [1.165, 1.54) is 5.56 Å². The summed E-state index contributed by atoms with van der Waals surface area (Å²) < 4.78 is 0. The minimum atomic E-state index is 0.178. The molecule has 0 atom stereocenters. The molecule has 19 heavy (non-hydrogen) atoms. The van der Waals surface area contributed by atoms with E-state index in [1.54, 1.807) is 6.20 Å². The van der Waals surface area contributed by atoms with E-state index in [0.29, 0.717) is 12.1 Å². The van der Waals surface area contributed by atoms with Crippen molar-refractivity contribution < 1.29 is 4.79 Å². The monoisotopic (exact) mass is 256 g/mol. The molecule has 0 saturated carbocycles. The highest BCUT2D eigenvalue weighted by atomic mass is 16.1. The normalized spacial score (nSPS) is 10.6. The predicted octanol–water partition coefficient (Wildman–Crippen LogP) is 3.57. The number of aromatic nitrogens is 2. The van der Waals surface area contributed by atoms with Crippen molar-refractivity contribution in [2.75, 3.05) is 0 Å². The van der Waals surface area contributed by atoms with E-state index < -0.39 is 0 Å². The molecule has 1 aromatic carbocycles. The van der Waals surface area contributed by atoms with Crippen molar-refractivity contribution in [3.05, 3.63) is 53.3 Å². The molecule has 2 rings (SSSR count). The van der Waals surface area contributed by atoms with Gasteiger partial charge in [0.05, 0.1) is 6.20 Å². The van der Waals surface area contributed by atoms with Crippen molar-refractivity contribution in [3.63, 3.8) is 0 Å². The van der Waals surface area contributed by atoms with E-state index in [2.05, 4.69) is 29.3 Å². The molecule has 0 unspecified atom stereocenters. The summed E-state index contributed by atoms with van der Waals surface area (Å²) in [5.74, 6) is 0.178. The molecular formula is C16H20N2O. The van der Waals surface area contributed by atoms with Crippen LogP contribution in [-0.2, 0) is 12.8 Å². The van der Waals surface area contributed by atoms with Crippen LogP contribution in [0.2, 0.25) is 0 Å². The number of rotatable bonds is 7. The van der Waals surface area contributed by atoms with E-state index in [4.69, 9.17) is 0 Å². The fourth-order valence-corrected chi connectivity index (χ4v) is 2.23. The lowest BCUT2D eigenvalue weighted by atomic mass is 10.0. The maximum Gasteiger partial charge on any atom is 0.180 e. The minimum absolute atomic E-state index is 0.178. The topological polar surface area (TPSA) is 45.8 Å². The molecule has 0 saturated heterocycles. The molecule has 3 heteroatoms. The van der Waals surface area contributed by atoms with Gasteiger partial charge in [-0.2, -0.15) is 5.10 Å². The number of nitrogens with one attached hydrogen (secondary N) is 1. The molecule has 0 amide bonds. The quantitative estimate of drug-likeness (QED) is 0.770. The standard InChI is InChI=1S/C16H20N2O/c1-2-7-14-12-17-18-16(14)15(19)11-6-10-13-8-4-3-5-9-13/h3-5,8-9,12H,2,6-7,10-11H2,1H3,(H,17,18). The van der Waals surface area contributed by atoms with E-state index in [0.717, 1.165) is 31.2 Å². The van der Waals surface area contributed by atoms with Crippen LogP contribution in [0.15, 0.2) is 36.5 Å². The molecule has 1 N–H and O–H groups in total. The molecule has 0 aliphatic heterocycles. The lowest BCUT2D eigenvalue weighted by Gasteiger charge is -2.02. The van der Waals surface area contributed by atoms with Crippen LogP contribution >= 0.6 is 0 Å². The smallest absolute Gasteiger partial charge is 0.180 e. The van der Waals surface area contributed by atoms with Gasteiger partial charge in [0.1, 0.15) is 5.69 Å². The molecular weight excluding hydrogens is 236 g/mol. The molecule has 0 radical (unpaired) electrons. The van der Waals surface area contributed by atoms with Crippen LogP contribution in [0.3, 0.4) is 0 Å². The second kappa shape index (κ2) is 6.88. The first kappa shape index (κ1) is 13.5. The first-order chi connectivity index (χ1) is 9.31. The van der Waals surface area contributed by atoms with Crippen molar-refractivity contribution in [2.45, 2.75) is 39.0 Å². The van der Waals surface area contributed by atoms with Gasteiger partial charge in [-0.1, -0.05) is 43.7 Å². The van der Waals surface area contributed by atoms with Crippen LogP contribution in [0, 0.1) is 0 Å². The summed E-state index contributed by atoms with van der Waals surface area (Å²) >= 11 is 0. The number of benzene rings is 1. The van der Waals surface area contributed by atoms with Gasteiger partial charge in [0.15, 0.2) is 5.78 Å². The van der Waals surface area contributed by atoms with Crippen molar-refractivity contribution in [1.82, 2.24) is 10.2 Å². The molecule has 0 fully saturated rings. The second-order valence-corrected chi connectivity index (χ2v) is 4.78. The molecule has 0 spiro atoms. The van der Waals surface area contributed by atoms with Crippen molar-refractivity contribution >= 4 is 5.78 Å². The Bertz CT molecular complexity index is 517. The van der Waals surface area contributed by atoms with E-state index in [-0.39, 0.29) is 5.78 Å². The van der Waals surface area contributed by atoms with Crippen LogP contribution in [0.25, 0.3) is 0 Å². The maximum absolute atomic E-state index is 12.1. The zero-order valence-electron chi connectivity index (χ0n) is 11.4. The summed E-state index contributed by atoms with van der Waals surface area (Å²) in [5, 5.41) is 6.82. The van der Waals surface area contributed by atoms with Crippen LogP contribution in [0.1, 0.15) is 47.8 Å². The van der Waals surface area contributed by atoms with Gasteiger partial charge < -0.3 is 0 Å². The van der Waals surface area contributed by atoms with Crippen molar-refractivity contribution in [1.29, 1.82) is 0 Å². The fourth-order valence-electron chi connectivity index (χ4n) is 2.23. The maximum atomic E-state index is 12.1. The number of Topliss-reactive ketones (excluding diaryl/α,β-unsaturated/α-hetero) is 1. The number of aromatic amines is 1. The molecule has 0 aliphatic carbocycles. The Morgan fingerprint density at radius 3 is 2.74 bits per heavy atom. The minimum Gasteiger partial charge on any atom is -0.292 e. The highest BCUT2D eigenvalue weighted by Gasteiger charge is 2.12. The third-order valence-corrected chi connectivity index (χ3v) is 3.23. The molecule has 1 aromatic heterocycles. The summed E-state index contributed by atoms with van der Waals surface area (Å²) in [4.78, 5) is 12.1. The Labute approximate surface area is 114 Å². The Kier molecular flexibility index (Phi) is 4.90. The largest absolute Gasteiger partial charge is 0.292 e. The van der Waals surface area contributed by atoms with Gasteiger partial charge >= 0.3 is 0 Å². The SMILES string of the molecule is CCCc1cn[nH]c1C(=O)CCCc1ccccc1. The number of H-pyrrole nitrogens is 1. The Morgan fingerprint density at radius 2 is 2.00 bits per heavy atom. The first-order valence-electron chi connectivity index (χ1n) is 6.90. The summed E-state index contributed by atoms with van der Waals surface area (Å²) in [6.07, 6.45) is 6.12. The van der Waals surface area contributed by atoms with E-state index in [1.807, 2.05) is 18.2 Å². The Hall–Kier alpha value is -1.90. The average Bonchev–Trinajstić information content (AvgIpc) is 2.89. The zero-order chi connectivity index (χ0) is 13.5. The van der Waals surface area contributed by atoms with Gasteiger partial charge in [0.25, 0.3) is 0 Å². The fraction of sp³-hybridized carbons (Fsp3) is 0.375. The van der Waals surface area contributed by atoms with Gasteiger partial charge in [-0.25, -0.2) is 0 Å². The van der Waals surface area contributed by atoms with Gasteiger partial charge in [-0.05, 0) is 24.8 Å². The average molecular weight is 256 g/mol. The van der Waals surface area contributed by atoms with Crippen molar-refractivity contribution in [2.24, 2.45) is 0 Å². The Balaban J connectivity index is 1.86. The van der Waals surface area contributed by atoms with Gasteiger partial charge in [-0.15, -0.1) is 0 Å². The third kappa shape index (κ3) is 3.78. The van der Waals surface area contributed by atoms with Crippen LogP contribution in [0.4, 0.5) is 0 Å². The lowest BCUT2D eigenvalue weighted by molar-refractivity contribution is 0.0974. The van der Waals surface area contributed by atoms with Gasteiger partial charge in [0.2, 0.25) is 0 Å². The lowest BCUT2D eigenvalue weighted by Crippen LogP contribution is -2.04. The molecule has 100 valence electrons. The molecule has 2 aromatic rings. The van der Waals surface area contributed by atoms with Crippen molar-refractivity contribution in [3.8, 4) is 0 Å². The number of nitrogens with zero attached hydrogens (tertiary/aromatic N) is 1. The number of hydrogen-bond acceptors (Lipinski definition) is 2. The van der Waals surface area contributed by atoms with E-state index >= 15 is 0 Å². The van der Waals surface area contributed by atoms with Gasteiger partial charge in [0, 0.05) is 12.0 Å². The highest BCUT2D eigenvalue weighted by Crippen LogP contribution is 2.12. The molecule has 0 bridgehead atoms. The number of hydrogen-bond donors (Lipinski definition) is 1. The number of carbonyl (C=O) groups excluding carboxylic acids is 1. The summed E-state index contributed by atoms with van der Waals surface area (Å²) in [6, 6.07) is 10.3. The number of ketones is 1. The zero-order valence-corrected chi connectivity index (χ0v) is 11.4. The number of carbonyl (C=O) groups is 1. The van der Waals surface area contributed by atoms with Crippen LogP contribution in [0.5, 0.6) is 0 Å². The first-order valence-corrected chi connectivity index (χ1v) is 6.90. The molecule has 1 heterocycles. The summed E-state index contributed by atoms with van der Waals surface area (Å²) in [7, 11) is 0. The highest BCUT2D eigenvalue weighted by molar-refractivity contribution is 5.95. The Morgan fingerprint density at radius 1 is 1.21 bits per heavy atom. The summed E-state index contributed by atoms with van der Waals surface area (Å²) in [6.45, 7) is 2.11. The summed E-state index contributed by atoms with van der Waals surface area (Å²) in [5.41, 5.74) is 3.04. The molecule has 0 aliphatic rings. The second-order valence-electron chi connectivity index (χ2n) is 4.78. The third-order valence-electron chi connectivity index (χ3n) is 3.23.